The lowest BCUT2D eigenvalue weighted by molar-refractivity contribution is 0.0280. The molecule has 3 aliphatic heterocycles. The Balaban J connectivity index is 1.22. The number of rotatable bonds is 6. The van der Waals surface area contributed by atoms with Crippen LogP contribution in [0.4, 0.5) is 5.69 Å². The minimum Gasteiger partial charge on any atom is -0.378 e. The van der Waals surface area contributed by atoms with E-state index in [9.17, 15) is 4.79 Å². The van der Waals surface area contributed by atoms with Crippen molar-refractivity contribution in [3.63, 3.8) is 0 Å². The minimum absolute atomic E-state index is 0.0155. The smallest absolute Gasteiger partial charge is 0.251 e. The summed E-state index contributed by atoms with van der Waals surface area (Å²) in [7, 11) is 6.08. The summed E-state index contributed by atoms with van der Waals surface area (Å²) < 4.78 is 2.08. The molecule has 32 heavy (non-hydrogen) atoms. The van der Waals surface area contributed by atoms with Crippen LogP contribution in [0.2, 0.25) is 0 Å². The number of carbonyl (C=O) groups excluding carboxylic acids is 1. The number of nitrogens with one attached hydrogen (secondary N) is 1. The molecular formula is C25H31N5OS. The maximum Gasteiger partial charge on any atom is 0.251 e. The van der Waals surface area contributed by atoms with Crippen molar-refractivity contribution in [2.75, 3.05) is 38.6 Å². The fourth-order valence-electron chi connectivity index (χ4n) is 5.28. The van der Waals surface area contributed by atoms with E-state index in [0.29, 0.717) is 24.4 Å². The van der Waals surface area contributed by atoms with Gasteiger partial charge < -0.3 is 10.2 Å². The highest BCUT2D eigenvalue weighted by molar-refractivity contribution is 7.13. The second-order valence-corrected chi connectivity index (χ2v) is 10.2. The average Bonchev–Trinajstić information content (AvgIpc) is 3.48. The van der Waals surface area contributed by atoms with Gasteiger partial charge in [-0.1, -0.05) is 6.07 Å². The molecule has 0 radical (unpaired) electrons. The van der Waals surface area contributed by atoms with Crippen molar-refractivity contribution in [1.82, 2.24) is 20.0 Å². The van der Waals surface area contributed by atoms with Crippen molar-refractivity contribution < 1.29 is 4.79 Å². The minimum atomic E-state index is 0.0155. The van der Waals surface area contributed by atoms with Crippen LogP contribution in [0.1, 0.15) is 34.8 Å². The first kappa shape index (κ1) is 21.2. The molecule has 2 aromatic heterocycles. The SMILES string of the molecule is CN(C)c1ccc(C(=O)NCC2CC3CCN2CC3c2cc(-c3cccs3)nn2C)cc1. The predicted octanol–water partition coefficient (Wildman–Crippen LogP) is 3.82. The molecule has 1 amide bonds. The van der Waals surface area contributed by atoms with Crippen LogP contribution in [-0.2, 0) is 7.05 Å². The molecule has 0 aliphatic carbocycles. The summed E-state index contributed by atoms with van der Waals surface area (Å²) in [4.78, 5) is 18.5. The van der Waals surface area contributed by atoms with Crippen LogP contribution in [0, 0.1) is 5.92 Å². The summed E-state index contributed by atoms with van der Waals surface area (Å²) >= 11 is 1.74. The number of carbonyl (C=O) groups is 1. The lowest BCUT2D eigenvalue weighted by Gasteiger charge is -2.50. The number of thiophene rings is 1. The van der Waals surface area contributed by atoms with Gasteiger partial charge in [0.1, 0.15) is 5.69 Å². The van der Waals surface area contributed by atoms with Crippen LogP contribution in [0.25, 0.3) is 10.6 Å². The molecule has 1 N–H and O–H groups in total. The normalized spacial score (nSPS) is 24.5. The molecule has 168 valence electrons. The van der Waals surface area contributed by atoms with E-state index >= 15 is 0 Å². The highest BCUT2D eigenvalue weighted by atomic mass is 32.1. The van der Waals surface area contributed by atoms with Crippen LogP contribution >= 0.6 is 11.3 Å². The molecule has 0 spiro atoms. The zero-order valence-corrected chi connectivity index (χ0v) is 19.8. The first-order chi connectivity index (χ1) is 15.5. The van der Waals surface area contributed by atoms with Crippen molar-refractivity contribution in [1.29, 1.82) is 0 Å². The lowest BCUT2D eigenvalue weighted by Crippen LogP contribution is -2.56. The number of hydrogen-bond acceptors (Lipinski definition) is 5. The zero-order chi connectivity index (χ0) is 22.2. The van der Waals surface area contributed by atoms with Gasteiger partial charge >= 0.3 is 0 Å². The van der Waals surface area contributed by atoms with Gasteiger partial charge in [0.05, 0.1) is 4.88 Å². The number of amides is 1. The number of fused-ring (bicyclic) bond motifs is 3. The van der Waals surface area contributed by atoms with Crippen LogP contribution in [0.15, 0.2) is 47.8 Å². The first-order valence-corrected chi connectivity index (χ1v) is 12.2. The third-order valence-corrected chi connectivity index (χ3v) is 7.98. The lowest BCUT2D eigenvalue weighted by atomic mass is 9.74. The Hall–Kier alpha value is -2.64. The molecule has 6 nitrogen and oxygen atoms in total. The topological polar surface area (TPSA) is 53.4 Å². The van der Waals surface area contributed by atoms with Crippen molar-refractivity contribution in [3.8, 4) is 10.6 Å². The van der Waals surface area contributed by atoms with Crippen LogP contribution < -0.4 is 10.2 Å². The van der Waals surface area contributed by atoms with Crippen LogP contribution in [0.5, 0.6) is 0 Å². The number of anilines is 1. The maximum absolute atomic E-state index is 12.7. The maximum atomic E-state index is 12.7. The van der Waals surface area contributed by atoms with Crippen molar-refractivity contribution in [3.05, 3.63) is 59.1 Å². The molecular weight excluding hydrogens is 418 g/mol. The van der Waals surface area contributed by atoms with Gasteiger partial charge in [-0.2, -0.15) is 5.10 Å². The number of nitrogens with zero attached hydrogens (tertiary/aromatic N) is 4. The summed E-state index contributed by atoms with van der Waals surface area (Å²) in [6.07, 6.45) is 2.35. The molecule has 6 rings (SSSR count). The summed E-state index contributed by atoms with van der Waals surface area (Å²) in [5.41, 5.74) is 4.24. The van der Waals surface area contributed by atoms with Crippen molar-refractivity contribution in [2.24, 2.45) is 13.0 Å². The Morgan fingerprint density at radius 2 is 2.06 bits per heavy atom. The Kier molecular flexibility index (Phi) is 5.78. The van der Waals surface area contributed by atoms with E-state index in [1.165, 1.54) is 17.0 Å². The molecule has 3 aromatic rings. The van der Waals surface area contributed by atoms with Gasteiger partial charge in [0.25, 0.3) is 5.91 Å². The van der Waals surface area contributed by atoms with Gasteiger partial charge in [0.2, 0.25) is 0 Å². The fraction of sp³-hybridized carbons (Fsp3) is 0.440. The van der Waals surface area contributed by atoms with Gasteiger partial charge in [0.15, 0.2) is 0 Å². The van der Waals surface area contributed by atoms with E-state index in [1.54, 1.807) is 11.3 Å². The van der Waals surface area contributed by atoms with Gasteiger partial charge in [-0.3, -0.25) is 14.4 Å². The zero-order valence-electron chi connectivity index (χ0n) is 19.0. The summed E-state index contributed by atoms with van der Waals surface area (Å²) in [5.74, 6) is 1.18. The molecule has 3 fully saturated rings. The van der Waals surface area contributed by atoms with Crippen LogP contribution in [-0.4, -0.2) is 60.4 Å². The molecule has 4 atom stereocenters. The summed E-state index contributed by atoms with van der Waals surface area (Å²) in [6.45, 7) is 2.88. The molecule has 1 aromatic carbocycles. The summed E-state index contributed by atoms with van der Waals surface area (Å²) in [6, 6.07) is 14.7. The first-order valence-electron chi connectivity index (χ1n) is 11.4. The second-order valence-electron chi connectivity index (χ2n) is 9.25. The molecule has 5 heterocycles. The van der Waals surface area contributed by atoms with Crippen molar-refractivity contribution >= 4 is 22.9 Å². The standard InChI is InChI=1S/C25H31N5OS/c1-28(2)19-8-6-17(7-9-19)25(31)26-15-20-13-18-10-11-30(20)16-21(18)23-14-22(27-29(23)3)24-5-4-12-32-24/h4-9,12,14,18,20-21H,10-11,13,15-16H2,1-3H3,(H,26,31). The van der Waals surface area contributed by atoms with E-state index in [4.69, 9.17) is 5.10 Å². The number of benzene rings is 1. The predicted molar refractivity (Wildman–Crippen MR) is 130 cm³/mol. The fourth-order valence-corrected chi connectivity index (χ4v) is 5.96. The van der Waals surface area contributed by atoms with Gasteiger partial charge in [0, 0.05) is 63.1 Å². The molecule has 7 heteroatoms. The molecule has 4 unspecified atom stereocenters. The largest absolute Gasteiger partial charge is 0.378 e. The Morgan fingerprint density at radius 3 is 2.72 bits per heavy atom. The highest BCUT2D eigenvalue weighted by Gasteiger charge is 2.41. The van der Waals surface area contributed by atoms with Gasteiger partial charge in [-0.15, -0.1) is 11.3 Å². The Labute approximate surface area is 193 Å². The highest BCUT2D eigenvalue weighted by Crippen LogP contribution is 2.42. The van der Waals surface area contributed by atoms with Gasteiger partial charge in [-0.05, 0) is 67.1 Å². The average molecular weight is 450 g/mol. The molecule has 3 saturated heterocycles. The monoisotopic (exact) mass is 449 g/mol. The van der Waals surface area contributed by atoms with E-state index in [2.05, 4.69) is 45.5 Å². The van der Waals surface area contributed by atoms with Gasteiger partial charge in [-0.25, -0.2) is 0 Å². The second kappa shape index (κ2) is 8.71. The third-order valence-electron chi connectivity index (χ3n) is 7.09. The van der Waals surface area contributed by atoms with E-state index in [0.717, 1.165) is 36.5 Å². The Morgan fingerprint density at radius 1 is 1.25 bits per heavy atom. The number of aromatic nitrogens is 2. The number of aryl methyl sites for hydroxylation is 1. The third kappa shape index (κ3) is 4.07. The quantitative estimate of drug-likeness (QED) is 0.622. The Bertz CT molecular complexity index is 1070. The molecule has 3 aliphatic rings. The molecule has 2 bridgehead atoms. The molecule has 0 saturated carbocycles. The van der Waals surface area contributed by atoms with Crippen molar-refractivity contribution in [2.45, 2.75) is 24.8 Å². The number of piperidine rings is 3. The summed E-state index contributed by atoms with van der Waals surface area (Å²) in [5, 5.41) is 10.1. The van der Waals surface area contributed by atoms with E-state index < -0.39 is 0 Å². The van der Waals surface area contributed by atoms with Crippen LogP contribution in [0.3, 0.4) is 0 Å². The van der Waals surface area contributed by atoms with E-state index in [1.807, 2.05) is 43.3 Å². The van der Waals surface area contributed by atoms with E-state index in [-0.39, 0.29) is 5.91 Å². The number of hydrogen-bond donors (Lipinski definition) is 1.